The van der Waals surface area contributed by atoms with Crippen LogP contribution in [0, 0.1) is 11.7 Å². The lowest BCUT2D eigenvalue weighted by molar-refractivity contribution is 0.569. The number of halogens is 2. The Morgan fingerprint density at radius 3 is 2.53 bits per heavy atom. The summed E-state index contributed by atoms with van der Waals surface area (Å²) in [5.41, 5.74) is 1.17. The lowest BCUT2D eigenvalue weighted by atomic mass is 9.99. The summed E-state index contributed by atoms with van der Waals surface area (Å²) in [6, 6.07) is 6.70. The molecular formula is C12H16ClFS. The highest BCUT2D eigenvalue weighted by molar-refractivity contribution is 7.98. The maximum Gasteiger partial charge on any atom is 0.123 e. The summed E-state index contributed by atoms with van der Waals surface area (Å²) in [5.74, 6) is 2.14. The van der Waals surface area contributed by atoms with Gasteiger partial charge in [-0.3, -0.25) is 0 Å². The van der Waals surface area contributed by atoms with Gasteiger partial charge in [0.05, 0.1) is 0 Å². The number of hydrogen-bond acceptors (Lipinski definition) is 1. The minimum Gasteiger partial charge on any atom is -0.207 e. The molecule has 3 heteroatoms. The van der Waals surface area contributed by atoms with Crippen molar-refractivity contribution < 1.29 is 4.39 Å². The van der Waals surface area contributed by atoms with Crippen LogP contribution in [-0.2, 0) is 6.42 Å². The van der Waals surface area contributed by atoms with Crippen molar-refractivity contribution in [2.45, 2.75) is 12.8 Å². The van der Waals surface area contributed by atoms with Gasteiger partial charge >= 0.3 is 0 Å². The molecule has 1 aromatic rings. The fourth-order valence-electron chi connectivity index (χ4n) is 1.47. The van der Waals surface area contributed by atoms with E-state index in [0.717, 1.165) is 18.6 Å². The fourth-order valence-corrected chi connectivity index (χ4v) is 2.30. The molecule has 0 N–H and O–H groups in total. The van der Waals surface area contributed by atoms with Crippen LogP contribution in [0.1, 0.15) is 12.0 Å². The molecule has 1 rings (SSSR count). The van der Waals surface area contributed by atoms with E-state index >= 15 is 0 Å². The van der Waals surface area contributed by atoms with Crippen molar-refractivity contribution >= 4 is 23.4 Å². The van der Waals surface area contributed by atoms with Gasteiger partial charge in [-0.15, -0.1) is 11.6 Å². The summed E-state index contributed by atoms with van der Waals surface area (Å²) in [6.07, 6.45) is 4.18. The van der Waals surface area contributed by atoms with Crippen LogP contribution >= 0.6 is 23.4 Å². The zero-order chi connectivity index (χ0) is 11.1. The number of benzene rings is 1. The Hall–Kier alpha value is -0.210. The van der Waals surface area contributed by atoms with E-state index in [4.69, 9.17) is 11.6 Å². The Morgan fingerprint density at radius 1 is 1.33 bits per heavy atom. The van der Waals surface area contributed by atoms with Crippen molar-refractivity contribution in [3.63, 3.8) is 0 Å². The van der Waals surface area contributed by atoms with Gasteiger partial charge in [-0.25, -0.2) is 4.39 Å². The van der Waals surface area contributed by atoms with Gasteiger partial charge in [0.1, 0.15) is 5.82 Å². The van der Waals surface area contributed by atoms with Crippen molar-refractivity contribution in [2.75, 3.05) is 17.9 Å². The van der Waals surface area contributed by atoms with Gasteiger partial charge in [-0.1, -0.05) is 12.1 Å². The van der Waals surface area contributed by atoms with E-state index in [1.165, 1.54) is 17.7 Å². The Bertz CT molecular complexity index is 273. The third-order valence-electron chi connectivity index (χ3n) is 2.39. The number of alkyl halides is 1. The van der Waals surface area contributed by atoms with Crippen LogP contribution in [0.15, 0.2) is 24.3 Å². The molecule has 0 saturated carbocycles. The van der Waals surface area contributed by atoms with Gasteiger partial charge in [0, 0.05) is 5.88 Å². The maximum absolute atomic E-state index is 12.7. The molecule has 84 valence electrons. The van der Waals surface area contributed by atoms with E-state index in [-0.39, 0.29) is 5.82 Å². The predicted octanol–water partition coefficient (Wildman–Crippen LogP) is 3.98. The Kier molecular flexibility index (Phi) is 6.11. The van der Waals surface area contributed by atoms with E-state index in [0.29, 0.717) is 11.8 Å². The second kappa shape index (κ2) is 7.13. The molecule has 0 heterocycles. The highest BCUT2D eigenvalue weighted by atomic mass is 35.5. The first-order chi connectivity index (χ1) is 7.26. The van der Waals surface area contributed by atoms with Crippen molar-refractivity contribution in [1.82, 2.24) is 0 Å². The minimum absolute atomic E-state index is 0.176. The van der Waals surface area contributed by atoms with Gasteiger partial charge in [0.25, 0.3) is 0 Å². The Morgan fingerprint density at radius 2 is 2.00 bits per heavy atom. The largest absolute Gasteiger partial charge is 0.207 e. The van der Waals surface area contributed by atoms with Crippen LogP contribution < -0.4 is 0 Å². The van der Waals surface area contributed by atoms with Crippen LogP contribution in [0.25, 0.3) is 0 Å². The normalized spacial score (nSPS) is 12.7. The summed E-state index contributed by atoms with van der Waals surface area (Å²) in [7, 11) is 0. The van der Waals surface area contributed by atoms with Crippen molar-refractivity contribution in [3.8, 4) is 0 Å². The molecule has 0 saturated heterocycles. The van der Waals surface area contributed by atoms with Gasteiger partial charge in [-0.2, -0.15) is 11.8 Å². The average molecular weight is 247 g/mol. The second-order valence-corrected chi connectivity index (χ2v) is 4.93. The highest BCUT2D eigenvalue weighted by Crippen LogP contribution is 2.16. The first-order valence-corrected chi connectivity index (χ1v) is 6.98. The summed E-state index contributed by atoms with van der Waals surface area (Å²) < 4.78 is 12.7. The predicted molar refractivity (Wildman–Crippen MR) is 67.3 cm³/mol. The van der Waals surface area contributed by atoms with E-state index in [1.807, 2.05) is 23.9 Å². The first-order valence-electron chi connectivity index (χ1n) is 5.05. The van der Waals surface area contributed by atoms with E-state index in [1.54, 1.807) is 0 Å². The average Bonchev–Trinajstić information content (AvgIpc) is 2.27. The molecule has 0 spiro atoms. The topological polar surface area (TPSA) is 0 Å². The van der Waals surface area contributed by atoms with Gasteiger partial charge < -0.3 is 0 Å². The van der Waals surface area contributed by atoms with Crippen molar-refractivity contribution in [2.24, 2.45) is 5.92 Å². The third-order valence-corrected chi connectivity index (χ3v) is 3.47. The molecule has 0 aliphatic carbocycles. The molecule has 0 bridgehead atoms. The van der Waals surface area contributed by atoms with Crippen LogP contribution in [0.4, 0.5) is 4.39 Å². The van der Waals surface area contributed by atoms with Gasteiger partial charge in [0.15, 0.2) is 0 Å². The molecule has 1 atom stereocenters. The highest BCUT2D eigenvalue weighted by Gasteiger charge is 2.08. The molecule has 0 aliphatic rings. The van der Waals surface area contributed by atoms with Gasteiger partial charge in [-0.05, 0) is 48.5 Å². The summed E-state index contributed by atoms with van der Waals surface area (Å²) >= 11 is 7.74. The van der Waals surface area contributed by atoms with Crippen LogP contribution in [0.5, 0.6) is 0 Å². The molecule has 0 fully saturated rings. The molecule has 1 aromatic carbocycles. The smallest absolute Gasteiger partial charge is 0.123 e. The fraction of sp³-hybridized carbons (Fsp3) is 0.500. The lowest BCUT2D eigenvalue weighted by Crippen LogP contribution is -2.07. The molecule has 1 unspecified atom stereocenters. The van der Waals surface area contributed by atoms with E-state index in [9.17, 15) is 4.39 Å². The van der Waals surface area contributed by atoms with E-state index in [2.05, 4.69) is 6.26 Å². The summed E-state index contributed by atoms with van der Waals surface area (Å²) in [4.78, 5) is 0. The van der Waals surface area contributed by atoms with E-state index < -0.39 is 0 Å². The molecule has 0 radical (unpaired) electrons. The molecular weight excluding hydrogens is 231 g/mol. The Balaban J connectivity index is 2.47. The zero-order valence-electron chi connectivity index (χ0n) is 8.88. The van der Waals surface area contributed by atoms with Crippen molar-refractivity contribution in [3.05, 3.63) is 35.6 Å². The standard InChI is InChI=1S/C12H16ClFS/c1-15-7-6-11(9-13)8-10-2-4-12(14)5-3-10/h2-5,11H,6-9H2,1H3. The third kappa shape index (κ3) is 4.89. The quantitative estimate of drug-likeness (QED) is 0.685. The van der Waals surface area contributed by atoms with Crippen molar-refractivity contribution in [1.29, 1.82) is 0 Å². The molecule has 0 aromatic heterocycles. The lowest BCUT2D eigenvalue weighted by Gasteiger charge is -2.12. The van der Waals surface area contributed by atoms with Crippen LogP contribution in [0.2, 0.25) is 0 Å². The Labute approximate surface area is 100 Å². The monoisotopic (exact) mass is 246 g/mol. The number of rotatable bonds is 6. The number of thioether (sulfide) groups is 1. The minimum atomic E-state index is -0.176. The zero-order valence-corrected chi connectivity index (χ0v) is 10.5. The second-order valence-electron chi connectivity index (χ2n) is 3.63. The molecule has 0 aliphatic heterocycles. The molecule has 0 amide bonds. The first kappa shape index (κ1) is 12.9. The number of hydrogen-bond donors (Lipinski definition) is 0. The maximum atomic E-state index is 12.7. The molecule has 0 nitrogen and oxygen atoms in total. The molecule has 15 heavy (non-hydrogen) atoms. The van der Waals surface area contributed by atoms with Crippen LogP contribution in [-0.4, -0.2) is 17.9 Å². The van der Waals surface area contributed by atoms with Crippen LogP contribution in [0.3, 0.4) is 0 Å². The van der Waals surface area contributed by atoms with Gasteiger partial charge in [0.2, 0.25) is 0 Å². The SMILES string of the molecule is CSCCC(CCl)Cc1ccc(F)cc1. The summed E-state index contributed by atoms with van der Waals surface area (Å²) in [5, 5.41) is 0. The summed E-state index contributed by atoms with van der Waals surface area (Å²) in [6.45, 7) is 0.